The van der Waals surface area contributed by atoms with E-state index in [2.05, 4.69) is 14.6 Å². The van der Waals surface area contributed by atoms with Gasteiger partial charge in [-0.25, -0.2) is 0 Å². The van der Waals surface area contributed by atoms with Crippen LogP contribution in [0.25, 0.3) is 10.1 Å². The third-order valence-electron chi connectivity index (χ3n) is 7.36. The molecular weight excluding hydrogens is 566 g/mol. The van der Waals surface area contributed by atoms with Crippen LogP contribution >= 0.6 is 11.3 Å². The van der Waals surface area contributed by atoms with Gasteiger partial charge < -0.3 is 9.64 Å². The summed E-state index contributed by atoms with van der Waals surface area (Å²) in [6.45, 7) is 2.91. The summed E-state index contributed by atoms with van der Waals surface area (Å²) in [6.07, 6.45) is -7.32. The van der Waals surface area contributed by atoms with Crippen molar-refractivity contribution >= 4 is 32.2 Å². The van der Waals surface area contributed by atoms with Crippen LogP contribution in [0.2, 0.25) is 0 Å². The quantitative estimate of drug-likeness (QED) is 0.206. The van der Waals surface area contributed by atoms with Gasteiger partial charge in [0.1, 0.15) is 10.4 Å². The zero-order valence-corrected chi connectivity index (χ0v) is 21.5. The van der Waals surface area contributed by atoms with Crippen LogP contribution in [0, 0.1) is 15.5 Å². The number of likely N-dealkylation sites (tertiary alicyclic amines) is 1. The van der Waals surface area contributed by atoms with E-state index in [1.165, 1.54) is 18.2 Å². The molecular formula is C25H22F6N4O4S. The smallest absolute Gasteiger partial charge is 0.406 e. The summed E-state index contributed by atoms with van der Waals surface area (Å²) in [6, 6.07) is 6.90. The number of aromatic nitrogens is 1. The maximum Gasteiger partial charge on any atom is 0.573 e. The number of ether oxygens (including phenoxy) is 1. The van der Waals surface area contributed by atoms with Gasteiger partial charge in [0.15, 0.2) is 5.13 Å². The van der Waals surface area contributed by atoms with Gasteiger partial charge in [-0.15, -0.1) is 13.2 Å². The minimum Gasteiger partial charge on any atom is -0.406 e. The Morgan fingerprint density at radius 3 is 2.40 bits per heavy atom. The maximum atomic E-state index is 13.2. The molecule has 8 nitrogen and oxygen atoms in total. The molecule has 0 saturated carbocycles. The van der Waals surface area contributed by atoms with Crippen LogP contribution in [-0.2, 0) is 12.7 Å². The summed E-state index contributed by atoms with van der Waals surface area (Å²) in [7, 11) is 0. The summed E-state index contributed by atoms with van der Waals surface area (Å²) < 4.78 is 81.2. The molecule has 0 unspecified atom stereocenters. The Bertz CT molecular complexity index is 1500. The molecule has 0 amide bonds. The summed E-state index contributed by atoms with van der Waals surface area (Å²) in [5, 5.41) is 11.3. The molecule has 2 aliphatic heterocycles. The van der Waals surface area contributed by atoms with Crippen molar-refractivity contribution in [1.29, 1.82) is 0 Å². The van der Waals surface area contributed by atoms with Crippen LogP contribution in [0.15, 0.2) is 41.2 Å². The van der Waals surface area contributed by atoms with E-state index < -0.39 is 39.7 Å². The van der Waals surface area contributed by atoms with Crippen molar-refractivity contribution in [3.8, 4) is 5.75 Å². The second-order valence-electron chi connectivity index (χ2n) is 10.1. The minimum atomic E-state index is -4.86. The van der Waals surface area contributed by atoms with Gasteiger partial charge in [0.05, 0.1) is 15.9 Å². The summed E-state index contributed by atoms with van der Waals surface area (Å²) in [5.74, 6) is -0.274. The number of alkyl halides is 6. The van der Waals surface area contributed by atoms with Crippen LogP contribution in [0.1, 0.15) is 30.4 Å². The molecule has 214 valence electrons. The van der Waals surface area contributed by atoms with Gasteiger partial charge in [0, 0.05) is 32.2 Å². The number of fused-ring (bicyclic) bond motifs is 1. The molecule has 0 radical (unpaired) electrons. The average molecular weight is 589 g/mol. The lowest BCUT2D eigenvalue weighted by atomic mass is 9.78. The number of nitrogens with zero attached hydrogens (tertiary/aromatic N) is 4. The highest BCUT2D eigenvalue weighted by Gasteiger charge is 2.41. The molecule has 2 saturated heterocycles. The number of piperidine rings is 1. The number of anilines is 1. The van der Waals surface area contributed by atoms with E-state index >= 15 is 0 Å². The fourth-order valence-corrected chi connectivity index (χ4v) is 6.53. The first-order valence-electron chi connectivity index (χ1n) is 12.2. The first-order chi connectivity index (χ1) is 18.7. The Morgan fingerprint density at radius 1 is 1.05 bits per heavy atom. The Labute approximate surface area is 226 Å². The highest BCUT2D eigenvalue weighted by molar-refractivity contribution is 7.22. The summed E-state index contributed by atoms with van der Waals surface area (Å²) in [5.41, 5.74) is -2.39. The molecule has 2 aromatic carbocycles. The van der Waals surface area contributed by atoms with Crippen molar-refractivity contribution in [3.63, 3.8) is 0 Å². The van der Waals surface area contributed by atoms with Crippen LogP contribution in [-0.4, -0.2) is 47.3 Å². The monoisotopic (exact) mass is 588 g/mol. The Hall–Kier alpha value is -3.46. The van der Waals surface area contributed by atoms with Crippen molar-refractivity contribution in [2.24, 2.45) is 5.41 Å². The van der Waals surface area contributed by atoms with Crippen LogP contribution in [0.3, 0.4) is 0 Å². The second-order valence-corrected chi connectivity index (χ2v) is 11.0. The van der Waals surface area contributed by atoms with Gasteiger partial charge >= 0.3 is 12.5 Å². The van der Waals surface area contributed by atoms with Crippen LogP contribution in [0.4, 0.5) is 37.2 Å². The lowest BCUT2D eigenvalue weighted by Crippen LogP contribution is -2.42. The molecule has 0 aliphatic carbocycles. The number of hydrogen-bond donors (Lipinski definition) is 0. The van der Waals surface area contributed by atoms with Gasteiger partial charge in [-0.1, -0.05) is 23.5 Å². The minimum absolute atomic E-state index is 0.0496. The first-order valence-corrected chi connectivity index (χ1v) is 13.1. The average Bonchev–Trinajstić information content (AvgIpc) is 3.24. The van der Waals surface area contributed by atoms with Gasteiger partial charge in [-0.2, -0.15) is 18.2 Å². The molecule has 2 aliphatic rings. The zero-order chi connectivity index (χ0) is 28.9. The molecule has 15 heteroatoms. The number of non-ortho nitro benzene ring substituents is 1. The lowest BCUT2D eigenvalue weighted by Gasteiger charge is -2.39. The van der Waals surface area contributed by atoms with E-state index in [0.29, 0.717) is 37.3 Å². The molecule has 0 atom stereocenters. The van der Waals surface area contributed by atoms with E-state index in [4.69, 9.17) is 0 Å². The molecule has 40 heavy (non-hydrogen) atoms. The molecule has 0 bridgehead atoms. The number of rotatable bonds is 5. The fourth-order valence-electron chi connectivity index (χ4n) is 5.42. The fraction of sp³-hybridized carbons (Fsp3) is 0.440. The van der Waals surface area contributed by atoms with Crippen molar-refractivity contribution in [3.05, 3.63) is 68.0 Å². The number of hydrogen-bond acceptors (Lipinski definition) is 8. The third-order valence-corrected chi connectivity index (χ3v) is 8.53. The second kappa shape index (κ2) is 10.2. The highest BCUT2D eigenvalue weighted by Crippen LogP contribution is 2.43. The zero-order valence-electron chi connectivity index (χ0n) is 20.7. The van der Waals surface area contributed by atoms with E-state index in [-0.39, 0.29) is 21.0 Å². The van der Waals surface area contributed by atoms with Gasteiger partial charge in [0.2, 0.25) is 0 Å². The SMILES string of the molecule is O=c1nc(N2CCC3(CCN(Cc4cccc(OC(F)(F)F)c4)C3)CC2)sc2c([N+](=O)[O-])cc(C(F)(F)F)cc12. The third kappa shape index (κ3) is 5.99. The largest absolute Gasteiger partial charge is 0.573 e. The molecule has 2 fully saturated rings. The van der Waals surface area contributed by atoms with E-state index in [1.54, 1.807) is 6.07 Å². The van der Waals surface area contributed by atoms with E-state index in [9.17, 15) is 41.3 Å². The molecule has 3 aromatic rings. The predicted octanol–water partition coefficient (Wildman–Crippen LogP) is 5.97. The van der Waals surface area contributed by atoms with Crippen molar-refractivity contribution in [2.75, 3.05) is 31.1 Å². The molecule has 1 aromatic heterocycles. The van der Waals surface area contributed by atoms with Gasteiger partial charge in [0.25, 0.3) is 11.2 Å². The van der Waals surface area contributed by atoms with Crippen molar-refractivity contribution < 1.29 is 36.0 Å². The highest BCUT2D eigenvalue weighted by atomic mass is 32.1. The number of halogens is 6. The number of nitro benzene ring substituents is 1. The van der Waals surface area contributed by atoms with Crippen molar-refractivity contribution in [1.82, 2.24) is 9.88 Å². The molecule has 0 N–H and O–H groups in total. The lowest BCUT2D eigenvalue weighted by molar-refractivity contribution is -0.383. The Balaban J connectivity index is 1.29. The first kappa shape index (κ1) is 28.1. The number of nitro groups is 1. The van der Waals surface area contributed by atoms with Gasteiger partial charge in [-0.05, 0) is 55.0 Å². The molecule has 5 rings (SSSR count). The molecule has 1 spiro atoms. The molecule has 3 heterocycles. The Kier molecular flexibility index (Phi) is 7.15. The maximum absolute atomic E-state index is 13.2. The van der Waals surface area contributed by atoms with E-state index in [0.717, 1.165) is 43.7 Å². The van der Waals surface area contributed by atoms with Crippen LogP contribution < -0.4 is 15.2 Å². The normalized spacial score (nSPS) is 18.0. The van der Waals surface area contributed by atoms with E-state index in [1.807, 2.05) is 4.90 Å². The Morgan fingerprint density at radius 2 is 1.75 bits per heavy atom. The van der Waals surface area contributed by atoms with Crippen molar-refractivity contribution in [2.45, 2.75) is 38.3 Å². The predicted molar refractivity (Wildman–Crippen MR) is 134 cm³/mol. The topological polar surface area (TPSA) is 88.8 Å². The standard InChI is InChI=1S/C25H22F6N4O4S/c26-24(27,28)16-11-18-20(19(12-16)35(37)38)40-22(32-21(18)36)34-8-5-23(6-9-34)4-7-33(14-23)13-15-2-1-3-17(10-15)39-25(29,30)31/h1-3,10-12H,4-9,13-14H2. The van der Waals surface area contributed by atoms with Crippen LogP contribution in [0.5, 0.6) is 5.75 Å². The van der Waals surface area contributed by atoms with Gasteiger partial charge in [-0.3, -0.25) is 19.8 Å². The summed E-state index contributed by atoms with van der Waals surface area (Å²) >= 11 is 0.824. The summed E-state index contributed by atoms with van der Waals surface area (Å²) in [4.78, 5) is 31.2. The number of benzene rings is 2.